The van der Waals surface area contributed by atoms with Gasteiger partial charge in [0.05, 0.1) is 15.9 Å². The highest BCUT2D eigenvalue weighted by Gasteiger charge is 2.40. The van der Waals surface area contributed by atoms with Crippen molar-refractivity contribution < 1.29 is 4.74 Å². The molecular weight excluding hydrogens is 332 g/mol. The normalized spacial score (nSPS) is 14.9. The van der Waals surface area contributed by atoms with E-state index in [0.29, 0.717) is 0 Å². The molecule has 1 aliphatic carbocycles. The Kier molecular flexibility index (Phi) is 6.27. The van der Waals surface area contributed by atoms with Gasteiger partial charge < -0.3 is 4.74 Å². The van der Waals surface area contributed by atoms with Gasteiger partial charge in [-0.2, -0.15) is 0 Å². The second-order valence-corrected chi connectivity index (χ2v) is 11.9. The minimum atomic E-state index is -1.03. The first-order chi connectivity index (χ1) is 12.1. The lowest BCUT2D eigenvalue weighted by molar-refractivity contribution is 0.372. The van der Waals surface area contributed by atoms with Crippen LogP contribution in [0.1, 0.15) is 70.6 Å². The Morgan fingerprint density at radius 2 is 1.73 bits per heavy atom. The van der Waals surface area contributed by atoms with E-state index >= 15 is 0 Å². The molecule has 2 heteroatoms. The maximum Gasteiger partial charge on any atom is 0.126 e. The summed E-state index contributed by atoms with van der Waals surface area (Å²) in [6, 6.07) is 2.40. The van der Waals surface area contributed by atoms with Crippen LogP contribution in [0.5, 0.6) is 5.75 Å². The van der Waals surface area contributed by atoms with Crippen LogP contribution in [-0.4, -0.2) is 15.9 Å². The van der Waals surface area contributed by atoms with Gasteiger partial charge in [-0.1, -0.05) is 82.8 Å². The van der Waals surface area contributed by atoms with E-state index in [2.05, 4.69) is 78.9 Å². The Hall–Kier alpha value is -1.28. The van der Waals surface area contributed by atoms with Crippen LogP contribution in [-0.2, 0) is 10.8 Å². The number of rotatable bonds is 6. The standard InChI is InChI=1S/C24H38OSi/c1-10-24(11-2,18-14-12-13-15-18)20-21(25-7)19(23(4,5)6)16-17(3)22(20)26(8)9/h12,14-16,26H,10-11,13H2,1-9H3. The van der Waals surface area contributed by atoms with Gasteiger partial charge >= 0.3 is 0 Å². The van der Waals surface area contributed by atoms with Gasteiger partial charge in [0, 0.05) is 16.5 Å². The summed E-state index contributed by atoms with van der Waals surface area (Å²) in [5, 5.41) is 1.61. The van der Waals surface area contributed by atoms with E-state index in [9.17, 15) is 0 Å². The molecule has 144 valence electrons. The number of allylic oxidation sites excluding steroid dienone is 4. The molecule has 1 aromatic rings. The second kappa shape index (κ2) is 7.76. The molecule has 0 unspecified atom stereocenters. The highest BCUT2D eigenvalue weighted by molar-refractivity contribution is 6.71. The first-order valence-corrected chi connectivity index (χ1v) is 13.1. The summed E-state index contributed by atoms with van der Waals surface area (Å²) >= 11 is 0. The number of benzene rings is 1. The molecule has 0 saturated heterocycles. The third-order valence-corrected chi connectivity index (χ3v) is 8.02. The molecule has 0 N–H and O–H groups in total. The maximum absolute atomic E-state index is 6.19. The van der Waals surface area contributed by atoms with E-state index in [1.807, 2.05) is 7.11 Å². The lowest BCUT2D eigenvalue weighted by Gasteiger charge is -2.40. The molecule has 0 atom stereocenters. The quantitative estimate of drug-likeness (QED) is 0.563. The van der Waals surface area contributed by atoms with E-state index < -0.39 is 8.80 Å². The van der Waals surface area contributed by atoms with Crippen LogP contribution in [0.3, 0.4) is 0 Å². The van der Waals surface area contributed by atoms with Gasteiger partial charge in [0.2, 0.25) is 0 Å². The van der Waals surface area contributed by atoms with Crippen molar-refractivity contribution in [3.63, 3.8) is 0 Å². The fourth-order valence-electron chi connectivity index (χ4n) is 4.77. The van der Waals surface area contributed by atoms with E-state index in [1.165, 1.54) is 22.3 Å². The average Bonchev–Trinajstić information content (AvgIpc) is 3.10. The van der Waals surface area contributed by atoms with Crippen molar-refractivity contribution in [2.45, 2.75) is 84.7 Å². The van der Waals surface area contributed by atoms with Gasteiger partial charge in [0.15, 0.2) is 0 Å². The highest BCUT2D eigenvalue weighted by atomic mass is 28.3. The molecule has 2 rings (SSSR count). The molecule has 1 aromatic carbocycles. The predicted molar refractivity (Wildman–Crippen MR) is 119 cm³/mol. The Bertz CT molecular complexity index is 713. The smallest absolute Gasteiger partial charge is 0.126 e. The molecule has 1 nitrogen and oxygen atoms in total. The maximum atomic E-state index is 6.19. The summed E-state index contributed by atoms with van der Waals surface area (Å²) in [6.45, 7) is 18.8. The predicted octanol–water partition coefficient (Wildman–Crippen LogP) is 5.94. The number of methoxy groups -OCH3 is 1. The number of ether oxygens (including phenoxy) is 1. The molecular formula is C24H38OSi. The number of hydrogen-bond acceptors (Lipinski definition) is 1. The van der Waals surface area contributed by atoms with Gasteiger partial charge in [-0.05, 0) is 37.2 Å². The molecule has 0 fully saturated rings. The zero-order chi connectivity index (χ0) is 19.7. The number of hydrogen-bond donors (Lipinski definition) is 0. The van der Waals surface area contributed by atoms with E-state index in [1.54, 1.807) is 5.19 Å². The van der Waals surface area contributed by atoms with Crippen LogP contribution in [0.25, 0.3) is 0 Å². The van der Waals surface area contributed by atoms with Crippen LogP contribution < -0.4 is 9.92 Å². The summed E-state index contributed by atoms with van der Waals surface area (Å²) in [5.74, 6) is 1.14. The fraction of sp³-hybridized carbons (Fsp3) is 0.583. The van der Waals surface area contributed by atoms with Gasteiger partial charge in [0.25, 0.3) is 0 Å². The van der Waals surface area contributed by atoms with Crippen LogP contribution in [0, 0.1) is 6.92 Å². The summed E-state index contributed by atoms with van der Waals surface area (Å²) in [4.78, 5) is 0. The van der Waals surface area contributed by atoms with Crippen molar-refractivity contribution >= 4 is 14.0 Å². The topological polar surface area (TPSA) is 9.23 Å². The molecule has 1 aliphatic rings. The average molecular weight is 371 g/mol. The van der Waals surface area contributed by atoms with Gasteiger partial charge in [-0.15, -0.1) is 0 Å². The summed E-state index contributed by atoms with van der Waals surface area (Å²) in [5.41, 5.74) is 5.91. The second-order valence-electron chi connectivity index (χ2n) is 9.05. The molecule has 0 bridgehead atoms. The SMILES string of the molecule is CCC(CC)(C1=CCC=C1)c1c(OC)c(C(C)(C)C)cc(C)c1[SiH](C)C. The van der Waals surface area contributed by atoms with E-state index in [0.717, 1.165) is 25.0 Å². The summed E-state index contributed by atoms with van der Waals surface area (Å²) in [7, 11) is 0.839. The molecule has 0 amide bonds. The zero-order valence-electron chi connectivity index (χ0n) is 18.4. The Morgan fingerprint density at radius 1 is 1.12 bits per heavy atom. The Morgan fingerprint density at radius 3 is 2.12 bits per heavy atom. The van der Waals surface area contributed by atoms with Crippen molar-refractivity contribution in [3.05, 3.63) is 46.6 Å². The molecule has 26 heavy (non-hydrogen) atoms. The number of aryl methyl sites for hydroxylation is 1. The van der Waals surface area contributed by atoms with Gasteiger partial charge in [-0.3, -0.25) is 0 Å². The highest BCUT2D eigenvalue weighted by Crippen LogP contribution is 2.47. The van der Waals surface area contributed by atoms with Crippen molar-refractivity contribution in [2.24, 2.45) is 0 Å². The fourth-order valence-corrected chi connectivity index (χ4v) is 6.75. The molecule has 0 aromatic heterocycles. The van der Waals surface area contributed by atoms with Crippen molar-refractivity contribution in [2.75, 3.05) is 7.11 Å². The minimum Gasteiger partial charge on any atom is -0.496 e. The van der Waals surface area contributed by atoms with Crippen LogP contribution in [0.2, 0.25) is 13.1 Å². The monoisotopic (exact) mass is 370 g/mol. The van der Waals surface area contributed by atoms with E-state index in [-0.39, 0.29) is 10.8 Å². The molecule has 0 aliphatic heterocycles. The molecule has 0 heterocycles. The third-order valence-electron chi connectivity index (χ3n) is 6.13. The van der Waals surface area contributed by atoms with Crippen molar-refractivity contribution in [1.82, 2.24) is 0 Å². The minimum absolute atomic E-state index is 0.0525. The zero-order valence-corrected chi connectivity index (χ0v) is 19.6. The lowest BCUT2D eigenvalue weighted by atomic mass is 9.68. The van der Waals surface area contributed by atoms with Gasteiger partial charge in [-0.25, -0.2) is 0 Å². The van der Waals surface area contributed by atoms with Gasteiger partial charge in [0.1, 0.15) is 5.75 Å². The molecule has 0 saturated carbocycles. The molecule has 0 spiro atoms. The van der Waals surface area contributed by atoms with E-state index in [4.69, 9.17) is 4.74 Å². The van der Waals surface area contributed by atoms with Crippen molar-refractivity contribution in [3.8, 4) is 5.75 Å². The summed E-state index contributed by atoms with van der Waals surface area (Å²) < 4.78 is 6.19. The third kappa shape index (κ3) is 3.45. The van der Waals surface area contributed by atoms with Crippen LogP contribution in [0.4, 0.5) is 0 Å². The first-order valence-electron chi connectivity index (χ1n) is 10.2. The lowest BCUT2D eigenvalue weighted by Crippen LogP contribution is -2.41. The van der Waals surface area contributed by atoms with Crippen LogP contribution in [0.15, 0.2) is 29.9 Å². The molecule has 0 radical (unpaired) electrons. The Balaban J connectivity index is 2.99. The summed E-state index contributed by atoms with van der Waals surface area (Å²) in [6.07, 6.45) is 10.4. The largest absolute Gasteiger partial charge is 0.496 e. The van der Waals surface area contributed by atoms with Crippen LogP contribution >= 0.6 is 0 Å². The van der Waals surface area contributed by atoms with Crippen molar-refractivity contribution in [1.29, 1.82) is 0 Å². The first kappa shape index (κ1) is 21.0. The Labute approximate surface area is 163 Å².